The van der Waals surface area contributed by atoms with Gasteiger partial charge in [0.1, 0.15) is 16.6 Å². The lowest BCUT2D eigenvalue weighted by Gasteiger charge is -2.14. The lowest BCUT2D eigenvalue weighted by atomic mass is 10.0. The van der Waals surface area contributed by atoms with E-state index in [4.69, 9.17) is 14.7 Å². The maximum atomic E-state index is 15.4. The summed E-state index contributed by atoms with van der Waals surface area (Å²) < 4.78 is 30.9. The van der Waals surface area contributed by atoms with Crippen molar-refractivity contribution in [1.29, 1.82) is 5.26 Å². The molecule has 0 N–H and O–H groups in total. The molecule has 1 aliphatic heterocycles. The van der Waals surface area contributed by atoms with Crippen molar-refractivity contribution in [2.45, 2.75) is 6.42 Å². The first kappa shape index (κ1) is 21.3. The molecule has 0 bridgehead atoms. The molecule has 1 amide bonds. The Morgan fingerprint density at radius 2 is 2.03 bits per heavy atom. The molecule has 1 heterocycles. The van der Waals surface area contributed by atoms with Crippen molar-refractivity contribution in [3.8, 4) is 17.6 Å². The molecule has 1 aliphatic rings. The second kappa shape index (κ2) is 9.41. The van der Waals surface area contributed by atoms with Gasteiger partial charge in [0.05, 0.1) is 38.1 Å². The van der Waals surface area contributed by atoms with Gasteiger partial charge in [0.2, 0.25) is 0 Å². The summed E-state index contributed by atoms with van der Waals surface area (Å²) in [6.07, 6.45) is 1.25. The molecule has 0 aliphatic carbocycles. The van der Waals surface area contributed by atoms with Crippen LogP contribution in [-0.4, -0.2) is 43.9 Å². The molecule has 7 nitrogen and oxygen atoms in total. The summed E-state index contributed by atoms with van der Waals surface area (Å²) in [5.41, 5.74) is 1.58. The highest BCUT2D eigenvalue weighted by molar-refractivity contribution is 8.15. The fourth-order valence-corrected chi connectivity index (χ4v) is 3.43. The number of aliphatic imine (C=N–C) groups is 2. The molecule has 9 heteroatoms. The number of fused-ring (bicyclic) bond motifs is 1. The van der Waals surface area contributed by atoms with E-state index in [0.29, 0.717) is 41.3 Å². The van der Waals surface area contributed by atoms with Crippen LogP contribution in [0.15, 0.2) is 40.3 Å². The topological polar surface area (TPSA) is 93.3 Å². The summed E-state index contributed by atoms with van der Waals surface area (Å²) in [5.74, 6) is 0.222. The summed E-state index contributed by atoms with van der Waals surface area (Å²) >= 11 is 1.13. The molecule has 0 aromatic heterocycles. The third kappa shape index (κ3) is 4.28. The fourth-order valence-electron chi connectivity index (χ4n) is 2.92. The first-order valence-corrected chi connectivity index (χ1v) is 10.1. The van der Waals surface area contributed by atoms with Crippen LogP contribution < -0.4 is 9.47 Å². The molecular formula is C21H18FN3O4S. The number of carbonyl (C=O) groups is 1. The Morgan fingerprint density at radius 1 is 1.30 bits per heavy atom. The Labute approximate surface area is 177 Å². The Hall–Kier alpha value is -3.38. The summed E-state index contributed by atoms with van der Waals surface area (Å²) in [5, 5.41) is 9.16. The zero-order valence-electron chi connectivity index (χ0n) is 16.6. The van der Waals surface area contributed by atoms with Gasteiger partial charge < -0.3 is 14.2 Å². The largest absolute Gasteiger partial charge is 0.493 e. The Morgan fingerprint density at radius 3 is 2.63 bits per heavy atom. The van der Waals surface area contributed by atoms with Crippen molar-refractivity contribution in [2.24, 2.45) is 9.98 Å². The number of hydrogen-bond donors (Lipinski definition) is 0. The van der Waals surface area contributed by atoms with Gasteiger partial charge in [-0.25, -0.2) is 14.2 Å². The molecule has 2 aromatic rings. The van der Waals surface area contributed by atoms with E-state index in [0.717, 1.165) is 11.8 Å². The third-order valence-electron chi connectivity index (χ3n) is 4.35. The Kier molecular flexibility index (Phi) is 6.69. The summed E-state index contributed by atoms with van der Waals surface area (Å²) in [6.45, 7) is 0.347. The minimum Gasteiger partial charge on any atom is -0.493 e. The molecule has 30 heavy (non-hydrogen) atoms. The standard InChI is InChI=1S/C21H18FN3O4S/c1-27-16-10-15(17(22)14-8-9-29-19(14)16)18(20(30-3)25-21(26)28-2)24-13-6-4-12(11-23)5-7-13/h4-7,10H,8-9H2,1-3H3/b24-18?,25-20-. The predicted octanol–water partition coefficient (Wildman–Crippen LogP) is 4.29. The summed E-state index contributed by atoms with van der Waals surface area (Å²) in [6, 6.07) is 9.95. The van der Waals surface area contributed by atoms with Gasteiger partial charge in [0, 0.05) is 17.5 Å². The van der Waals surface area contributed by atoms with Crippen LogP contribution in [0.3, 0.4) is 0 Å². The number of hydrogen-bond acceptors (Lipinski definition) is 7. The van der Waals surface area contributed by atoms with Crippen LogP contribution in [-0.2, 0) is 11.2 Å². The number of nitriles is 1. The van der Waals surface area contributed by atoms with Gasteiger partial charge in [-0.05, 0) is 36.6 Å². The zero-order valence-corrected chi connectivity index (χ0v) is 17.4. The van der Waals surface area contributed by atoms with Crippen molar-refractivity contribution in [1.82, 2.24) is 0 Å². The second-order valence-corrected chi connectivity index (χ2v) is 6.85. The van der Waals surface area contributed by atoms with Gasteiger partial charge in [-0.1, -0.05) is 0 Å². The summed E-state index contributed by atoms with van der Waals surface area (Å²) in [4.78, 5) is 20.2. The molecule has 0 saturated carbocycles. The summed E-state index contributed by atoms with van der Waals surface area (Å²) in [7, 11) is 2.67. The van der Waals surface area contributed by atoms with Crippen LogP contribution in [0.4, 0.5) is 14.9 Å². The molecular weight excluding hydrogens is 409 g/mol. The Balaban J connectivity index is 2.24. The van der Waals surface area contributed by atoms with Gasteiger partial charge >= 0.3 is 6.09 Å². The number of rotatable bonds is 4. The maximum Gasteiger partial charge on any atom is 0.434 e. The number of thioether (sulfide) groups is 1. The highest BCUT2D eigenvalue weighted by Crippen LogP contribution is 2.40. The van der Waals surface area contributed by atoms with Crippen molar-refractivity contribution in [2.75, 3.05) is 27.1 Å². The number of benzene rings is 2. The van der Waals surface area contributed by atoms with Crippen LogP contribution in [0.5, 0.6) is 11.5 Å². The van der Waals surface area contributed by atoms with Crippen molar-refractivity contribution >= 4 is 34.3 Å². The van der Waals surface area contributed by atoms with E-state index in [1.807, 2.05) is 6.07 Å². The lowest BCUT2D eigenvalue weighted by Crippen LogP contribution is -2.17. The first-order valence-electron chi connectivity index (χ1n) is 8.84. The molecule has 3 rings (SSSR count). The van der Waals surface area contributed by atoms with Gasteiger partial charge in [-0.15, -0.1) is 11.8 Å². The number of methoxy groups -OCH3 is 2. The van der Waals surface area contributed by atoms with E-state index in [9.17, 15) is 4.79 Å². The number of halogens is 1. The van der Waals surface area contributed by atoms with Crippen LogP contribution >= 0.6 is 11.8 Å². The van der Waals surface area contributed by atoms with Gasteiger partial charge in [-0.3, -0.25) is 0 Å². The average Bonchev–Trinajstić information content (AvgIpc) is 3.27. The number of ether oxygens (including phenoxy) is 3. The van der Waals surface area contributed by atoms with Crippen molar-refractivity contribution < 1.29 is 23.4 Å². The van der Waals surface area contributed by atoms with E-state index in [-0.39, 0.29) is 16.3 Å². The van der Waals surface area contributed by atoms with Crippen LogP contribution in [0.25, 0.3) is 0 Å². The smallest absolute Gasteiger partial charge is 0.434 e. The highest BCUT2D eigenvalue weighted by Gasteiger charge is 2.28. The van der Waals surface area contributed by atoms with Crippen LogP contribution in [0.2, 0.25) is 0 Å². The lowest BCUT2D eigenvalue weighted by molar-refractivity contribution is 0.183. The number of carbonyl (C=O) groups excluding carboxylic acids is 1. The number of nitrogens with zero attached hydrogens (tertiary/aromatic N) is 3. The monoisotopic (exact) mass is 427 g/mol. The number of amides is 1. The molecule has 0 unspecified atom stereocenters. The van der Waals surface area contributed by atoms with Gasteiger partial charge in [0.25, 0.3) is 0 Å². The molecule has 0 saturated heterocycles. The maximum absolute atomic E-state index is 15.4. The normalized spacial score (nSPS) is 13.3. The van der Waals surface area contributed by atoms with Crippen LogP contribution in [0.1, 0.15) is 16.7 Å². The van der Waals surface area contributed by atoms with Gasteiger partial charge in [-0.2, -0.15) is 10.3 Å². The van der Waals surface area contributed by atoms with E-state index < -0.39 is 11.9 Å². The average molecular weight is 427 g/mol. The molecule has 0 spiro atoms. The molecule has 154 valence electrons. The molecule has 0 radical (unpaired) electrons. The van der Waals surface area contributed by atoms with E-state index in [1.165, 1.54) is 20.3 Å². The molecule has 2 aromatic carbocycles. The van der Waals surface area contributed by atoms with Crippen molar-refractivity contribution in [3.63, 3.8) is 0 Å². The van der Waals surface area contributed by atoms with Crippen LogP contribution in [0, 0.1) is 17.1 Å². The fraction of sp³-hybridized carbons (Fsp3) is 0.238. The quantitative estimate of drug-likeness (QED) is 0.534. The Bertz CT molecular complexity index is 1080. The second-order valence-electron chi connectivity index (χ2n) is 6.06. The SMILES string of the molecule is COC(=O)/N=C(\SC)C(=Nc1ccc(C#N)cc1)c1cc(OC)c2c(c1F)CCO2. The zero-order chi connectivity index (χ0) is 21.7. The third-order valence-corrected chi connectivity index (χ3v) is 5.02. The predicted molar refractivity (Wildman–Crippen MR) is 113 cm³/mol. The first-order chi connectivity index (χ1) is 14.5. The highest BCUT2D eigenvalue weighted by atomic mass is 32.2. The van der Waals surface area contributed by atoms with Gasteiger partial charge in [0.15, 0.2) is 11.5 Å². The molecule has 0 fully saturated rings. The van der Waals surface area contributed by atoms with E-state index >= 15 is 4.39 Å². The minimum atomic E-state index is -0.830. The minimum absolute atomic E-state index is 0.123. The van der Waals surface area contributed by atoms with E-state index in [2.05, 4.69) is 14.7 Å². The van der Waals surface area contributed by atoms with Crippen molar-refractivity contribution in [3.05, 3.63) is 52.8 Å². The van der Waals surface area contributed by atoms with E-state index in [1.54, 1.807) is 30.5 Å². The molecule has 0 atom stereocenters.